The van der Waals surface area contributed by atoms with Gasteiger partial charge in [0.05, 0.1) is 15.6 Å². The van der Waals surface area contributed by atoms with E-state index in [2.05, 4.69) is 5.16 Å². The fourth-order valence-corrected chi connectivity index (χ4v) is 2.45. The van der Waals surface area contributed by atoms with Crippen molar-refractivity contribution in [2.45, 2.75) is 0 Å². The van der Waals surface area contributed by atoms with Gasteiger partial charge in [-0.15, -0.1) is 0 Å². The van der Waals surface area contributed by atoms with Crippen LogP contribution in [0.1, 0.15) is 0 Å². The maximum Gasteiger partial charge on any atom is 0.230 e. The number of anilines is 1. The highest BCUT2D eigenvalue weighted by molar-refractivity contribution is 6.43. The highest BCUT2D eigenvalue weighted by Crippen LogP contribution is 2.40. The number of benzene rings is 2. The molecule has 0 saturated carbocycles. The zero-order chi connectivity index (χ0) is 14.1. The molecule has 100 valence electrons. The Balaban J connectivity index is 2.24. The Labute approximate surface area is 125 Å². The zero-order valence-electron chi connectivity index (χ0n) is 10.3. The molecule has 1 aromatic heterocycles. The van der Waals surface area contributed by atoms with Gasteiger partial charge in [-0.25, -0.2) is 0 Å². The summed E-state index contributed by atoms with van der Waals surface area (Å²) < 4.78 is 5.13. The molecule has 0 aliphatic rings. The van der Waals surface area contributed by atoms with E-state index in [4.69, 9.17) is 33.5 Å². The van der Waals surface area contributed by atoms with Crippen molar-refractivity contribution >= 4 is 29.1 Å². The van der Waals surface area contributed by atoms with Crippen molar-refractivity contribution in [3.05, 3.63) is 58.6 Å². The van der Waals surface area contributed by atoms with Crippen molar-refractivity contribution in [1.29, 1.82) is 0 Å². The van der Waals surface area contributed by atoms with Gasteiger partial charge in [0.25, 0.3) is 0 Å². The van der Waals surface area contributed by atoms with Crippen molar-refractivity contribution in [3.8, 4) is 22.4 Å². The second-order valence-electron chi connectivity index (χ2n) is 4.24. The van der Waals surface area contributed by atoms with Gasteiger partial charge in [-0.1, -0.05) is 70.8 Å². The number of hydrogen-bond acceptors (Lipinski definition) is 3. The van der Waals surface area contributed by atoms with E-state index in [-0.39, 0.29) is 5.88 Å². The molecule has 0 atom stereocenters. The van der Waals surface area contributed by atoms with Gasteiger partial charge < -0.3 is 10.3 Å². The van der Waals surface area contributed by atoms with Crippen LogP contribution in [0.4, 0.5) is 5.88 Å². The quantitative estimate of drug-likeness (QED) is 0.732. The van der Waals surface area contributed by atoms with Gasteiger partial charge >= 0.3 is 0 Å². The molecule has 0 unspecified atom stereocenters. The molecule has 2 aromatic carbocycles. The van der Waals surface area contributed by atoms with Gasteiger partial charge in [0.1, 0.15) is 5.69 Å². The van der Waals surface area contributed by atoms with Crippen molar-refractivity contribution in [2.75, 3.05) is 5.73 Å². The van der Waals surface area contributed by atoms with Gasteiger partial charge in [-0.05, 0) is 11.6 Å². The third-order valence-corrected chi connectivity index (χ3v) is 3.81. The smallest absolute Gasteiger partial charge is 0.230 e. The van der Waals surface area contributed by atoms with E-state index in [9.17, 15) is 0 Å². The minimum Gasteiger partial charge on any atom is -0.367 e. The highest BCUT2D eigenvalue weighted by Gasteiger charge is 2.19. The lowest BCUT2D eigenvalue weighted by atomic mass is 10.0. The molecule has 0 saturated heterocycles. The fourth-order valence-electron chi connectivity index (χ4n) is 2.06. The zero-order valence-corrected chi connectivity index (χ0v) is 11.8. The Morgan fingerprint density at radius 1 is 0.950 bits per heavy atom. The number of aromatic nitrogens is 1. The highest BCUT2D eigenvalue weighted by atomic mass is 35.5. The summed E-state index contributed by atoms with van der Waals surface area (Å²) in [6.45, 7) is 0. The van der Waals surface area contributed by atoms with Gasteiger partial charge in [0, 0.05) is 5.56 Å². The summed E-state index contributed by atoms with van der Waals surface area (Å²) in [4.78, 5) is 0. The number of hydrogen-bond donors (Lipinski definition) is 1. The van der Waals surface area contributed by atoms with E-state index in [0.29, 0.717) is 21.3 Å². The Bertz CT molecular complexity index is 754. The molecule has 3 rings (SSSR count). The normalized spacial score (nSPS) is 10.7. The van der Waals surface area contributed by atoms with Crippen LogP contribution in [0, 0.1) is 0 Å². The molecule has 0 fully saturated rings. The van der Waals surface area contributed by atoms with Gasteiger partial charge in [0.15, 0.2) is 0 Å². The minimum absolute atomic E-state index is 0.252. The standard InChI is InChI=1S/C15H10Cl2N2O/c16-11-8-4-7-10(13(11)17)14-12(15(18)20-19-14)9-5-2-1-3-6-9/h1-8H,18H2. The first-order chi connectivity index (χ1) is 9.68. The fraction of sp³-hybridized carbons (Fsp3) is 0. The topological polar surface area (TPSA) is 52.0 Å². The second kappa shape index (κ2) is 5.19. The summed E-state index contributed by atoms with van der Waals surface area (Å²) in [5.74, 6) is 0.252. The van der Waals surface area contributed by atoms with Crippen molar-refractivity contribution < 1.29 is 4.52 Å². The number of rotatable bonds is 2. The first kappa shape index (κ1) is 13.0. The molecule has 0 spiro atoms. The summed E-state index contributed by atoms with van der Waals surface area (Å²) in [5, 5.41) is 4.91. The van der Waals surface area contributed by atoms with E-state index in [1.165, 1.54) is 0 Å². The molecular weight excluding hydrogens is 295 g/mol. The lowest BCUT2D eigenvalue weighted by Gasteiger charge is -2.05. The molecule has 3 aromatic rings. The average Bonchev–Trinajstić information content (AvgIpc) is 2.84. The number of nitrogens with zero attached hydrogens (tertiary/aromatic N) is 1. The molecule has 3 nitrogen and oxygen atoms in total. The first-order valence-electron chi connectivity index (χ1n) is 5.93. The van der Waals surface area contributed by atoms with Crippen LogP contribution in [0.2, 0.25) is 10.0 Å². The van der Waals surface area contributed by atoms with E-state index >= 15 is 0 Å². The van der Waals surface area contributed by atoms with Crippen LogP contribution in [0.25, 0.3) is 22.4 Å². The number of halogens is 2. The van der Waals surface area contributed by atoms with Crippen LogP contribution in [-0.2, 0) is 0 Å². The number of nitrogen functional groups attached to an aromatic ring is 1. The predicted octanol–water partition coefficient (Wildman–Crippen LogP) is 4.90. The van der Waals surface area contributed by atoms with Crippen LogP contribution >= 0.6 is 23.2 Å². The third kappa shape index (κ3) is 2.15. The first-order valence-corrected chi connectivity index (χ1v) is 6.69. The van der Waals surface area contributed by atoms with E-state index in [0.717, 1.165) is 11.1 Å². The van der Waals surface area contributed by atoms with E-state index in [1.807, 2.05) is 42.5 Å². The van der Waals surface area contributed by atoms with Crippen molar-refractivity contribution in [1.82, 2.24) is 5.16 Å². The van der Waals surface area contributed by atoms with E-state index in [1.54, 1.807) is 6.07 Å². The average molecular weight is 305 g/mol. The molecule has 5 heteroatoms. The summed E-state index contributed by atoms with van der Waals surface area (Å²) in [6, 6.07) is 15.0. The summed E-state index contributed by atoms with van der Waals surface area (Å²) in [7, 11) is 0. The Hall–Kier alpha value is -1.97. The molecule has 0 radical (unpaired) electrons. The second-order valence-corrected chi connectivity index (χ2v) is 5.02. The lowest BCUT2D eigenvalue weighted by Crippen LogP contribution is -1.88. The molecule has 1 heterocycles. The summed E-state index contributed by atoms with van der Waals surface area (Å²) in [6.07, 6.45) is 0. The summed E-state index contributed by atoms with van der Waals surface area (Å²) in [5.41, 5.74) is 8.80. The van der Waals surface area contributed by atoms with Crippen LogP contribution in [-0.4, -0.2) is 5.16 Å². The maximum absolute atomic E-state index is 6.24. The van der Waals surface area contributed by atoms with Gasteiger partial charge in [-0.2, -0.15) is 0 Å². The molecular formula is C15H10Cl2N2O. The SMILES string of the molecule is Nc1onc(-c2cccc(Cl)c2Cl)c1-c1ccccc1. The predicted molar refractivity (Wildman–Crippen MR) is 81.8 cm³/mol. The molecule has 0 bridgehead atoms. The van der Waals surface area contributed by atoms with Gasteiger partial charge in [-0.3, -0.25) is 0 Å². The summed E-state index contributed by atoms with van der Waals surface area (Å²) >= 11 is 12.3. The van der Waals surface area contributed by atoms with Crippen LogP contribution in [0.3, 0.4) is 0 Å². The number of nitrogens with two attached hydrogens (primary N) is 1. The minimum atomic E-state index is 0.252. The van der Waals surface area contributed by atoms with Crippen LogP contribution in [0.15, 0.2) is 53.1 Å². The van der Waals surface area contributed by atoms with Crippen LogP contribution < -0.4 is 5.73 Å². The molecule has 0 aliphatic heterocycles. The van der Waals surface area contributed by atoms with Crippen LogP contribution in [0.5, 0.6) is 0 Å². The molecule has 2 N–H and O–H groups in total. The Kier molecular flexibility index (Phi) is 3.38. The largest absolute Gasteiger partial charge is 0.367 e. The van der Waals surface area contributed by atoms with Gasteiger partial charge in [0.2, 0.25) is 5.88 Å². The monoisotopic (exact) mass is 304 g/mol. The lowest BCUT2D eigenvalue weighted by molar-refractivity contribution is 0.439. The Morgan fingerprint density at radius 2 is 1.70 bits per heavy atom. The van der Waals surface area contributed by atoms with E-state index < -0.39 is 0 Å². The van der Waals surface area contributed by atoms with Crippen molar-refractivity contribution in [3.63, 3.8) is 0 Å². The molecule has 20 heavy (non-hydrogen) atoms. The molecule has 0 aliphatic carbocycles. The molecule has 0 amide bonds. The van der Waals surface area contributed by atoms with Crippen molar-refractivity contribution in [2.24, 2.45) is 0 Å². The Morgan fingerprint density at radius 3 is 2.45 bits per heavy atom. The maximum atomic E-state index is 6.24. The third-order valence-electron chi connectivity index (χ3n) is 2.99.